The van der Waals surface area contributed by atoms with Gasteiger partial charge in [0, 0.05) is 11.8 Å². The number of carbonyl (C=O) groups is 1. The molecule has 0 saturated heterocycles. The van der Waals surface area contributed by atoms with Crippen molar-refractivity contribution in [1.29, 1.82) is 0 Å². The van der Waals surface area contributed by atoms with Crippen molar-refractivity contribution >= 4 is 27.3 Å². The van der Waals surface area contributed by atoms with Crippen molar-refractivity contribution in [1.82, 2.24) is 0 Å². The van der Waals surface area contributed by atoms with E-state index in [1.807, 2.05) is 0 Å². The van der Waals surface area contributed by atoms with Crippen LogP contribution in [-0.4, -0.2) is 46.9 Å². The van der Waals surface area contributed by atoms with Gasteiger partial charge >= 0.3 is 0 Å². The van der Waals surface area contributed by atoms with Crippen LogP contribution >= 0.6 is 0 Å². The van der Waals surface area contributed by atoms with Gasteiger partial charge in [-0.1, -0.05) is 0 Å². The second-order valence-corrected chi connectivity index (χ2v) is 8.14. The summed E-state index contributed by atoms with van der Waals surface area (Å²) in [4.78, 5) is 12.8. The fourth-order valence-corrected chi connectivity index (χ4v) is 4.08. The monoisotopic (exact) mass is 406 g/mol. The Morgan fingerprint density at radius 3 is 2.36 bits per heavy atom. The second-order valence-electron chi connectivity index (χ2n) is 6.28. The summed E-state index contributed by atoms with van der Waals surface area (Å²) in [6.07, 6.45) is 1.06. The van der Waals surface area contributed by atoms with Gasteiger partial charge in [0.1, 0.15) is 25.0 Å². The maximum Gasteiger partial charge on any atom is 0.247 e. The molecule has 28 heavy (non-hydrogen) atoms. The molecule has 3 rings (SSSR count). The molecule has 0 fully saturated rings. The third-order valence-corrected chi connectivity index (χ3v) is 5.47. The summed E-state index contributed by atoms with van der Waals surface area (Å²) in [5.41, 5.74) is 0.859. The summed E-state index contributed by atoms with van der Waals surface area (Å²) in [6.45, 7) is 2.43. The van der Waals surface area contributed by atoms with Crippen molar-refractivity contribution < 1.29 is 27.4 Å². The van der Waals surface area contributed by atoms with Gasteiger partial charge in [-0.15, -0.1) is 0 Å². The van der Waals surface area contributed by atoms with E-state index < -0.39 is 22.0 Å². The predicted octanol–water partition coefficient (Wildman–Crippen LogP) is 2.26. The molecule has 2 aromatic carbocycles. The molecule has 1 N–H and O–H groups in total. The fraction of sp³-hybridized carbons (Fsp3) is 0.316. The predicted molar refractivity (Wildman–Crippen MR) is 106 cm³/mol. The first kappa shape index (κ1) is 19.8. The second kappa shape index (κ2) is 7.97. The molecule has 0 bridgehead atoms. The number of rotatable bonds is 6. The quantitative estimate of drug-likeness (QED) is 0.791. The molecular formula is C19H22N2O6S. The van der Waals surface area contributed by atoms with Gasteiger partial charge in [-0.25, -0.2) is 8.42 Å². The average Bonchev–Trinajstić information content (AvgIpc) is 2.67. The lowest BCUT2D eigenvalue weighted by atomic mass is 10.2. The van der Waals surface area contributed by atoms with Gasteiger partial charge in [0.25, 0.3) is 0 Å². The zero-order chi connectivity index (χ0) is 20.3. The Morgan fingerprint density at radius 1 is 1.11 bits per heavy atom. The molecular weight excluding hydrogens is 384 g/mol. The molecule has 0 spiro atoms. The zero-order valence-corrected chi connectivity index (χ0v) is 16.7. The number of hydrogen-bond donors (Lipinski definition) is 1. The number of amides is 1. The maximum atomic E-state index is 12.8. The lowest BCUT2D eigenvalue weighted by molar-refractivity contribution is -0.116. The van der Waals surface area contributed by atoms with Gasteiger partial charge in [0.05, 0.1) is 19.1 Å². The maximum absolute atomic E-state index is 12.8. The van der Waals surface area contributed by atoms with Gasteiger partial charge in [-0.05, 0) is 43.3 Å². The number of nitrogens with one attached hydrogen (secondary N) is 1. The molecule has 1 amide bonds. The SMILES string of the molecule is COc1ccc(N([C@H](C)C(=O)Nc2ccc3c(c2)OCCO3)S(C)(=O)=O)cc1. The van der Waals surface area contributed by atoms with Crippen molar-refractivity contribution in [3.8, 4) is 17.2 Å². The van der Waals surface area contributed by atoms with Crippen molar-refractivity contribution in [2.75, 3.05) is 36.2 Å². The van der Waals surface area contributed by atoms with Crippen molar-refractivity contribution in [2.24, 2.45) is 0 Å². The van der Waals surface area contributed by atoms with Crippen LogP contribution in [0.15, 0.2) is 42.5 Å². The number of sulfonamides is 1. The molecule has 0 saturated carbocycles. The van der Waals surface area contributed by atoms with E-state index in [0.717, 1.165) is 10.6 Å². The molecule has 150 valence electrons. The van der Waals surface area contributed by atoms with Gasteiger partial charge in [-0.2, -0.15) is 0 Å². The van der Waals surface area contributed by atoms with E-state index in [9.17, 15) is 13.2 Å². The highest BCUT2D eigenvalue weighted by atomic mass is 32.2. The first-order chi connectivity index (χ1) is 13.3. The Balaban J connectivity index is 1.82. The molecule has 0 aliphatic carbocycles. The molecule has 1 heterocycles. The number of benzene rings is 2. The number of ether oxygens (including phenoxy) is 3. The van der Waals surface area contributed by atoms with Crippen LogP contribution < -0.4 is 23.8 Å². The Morgan fingerprint density at radius 2 is 1.75 bits per heavy atom. The molecule has 1 aliphatic heterocycles. The Hall–Kier alpha value is -2.94. The summed E-state index contributed by atoms with van der Waals surface area (Å²) in [5, 5.41) is 2.73. The first-order valence-corrected chi connectivity index (χ1v) is 10.5. The third kappa shape index (κ3) is 4.30. The van der Waals surface area contributed by atoms with Crippen LogP contribution in [-0.2, 0) is 14.8 Å². The lowest BCUT2D eigenvalue weighted by Gasteiger charge is -2.28. The standard InChI is InChI=1S/C19H22N2O6S/c1-13(21(28(3,23)24)15-5-7-16(25-2)8-6-15)19(22)20-14-4-9-17-18(12-14)27-11-10-26-17/h4-9,12-13H,10-11H2,1-3H3,(H,20,22)/t13-/m1/s1. The Kier molecular flexibility index (Phi) is 5.64. The van der Waals surface area contributed by atoms with Gasteiger partial charge in [0.2, 0.25) is 15.9 Å². The van der Waals surface area contributed by atoms with E-state index in [-0.39, 0.29) is 0 Å². The minimum atomic E-state index is -3.70. The molecule has 2 aromatic rings. The minimum Gasteiger partial charge on any atom is -0.497 e. The largest absolute Gasteiger partial charge is 0.497 e. The number of fused-ring (bicyclic) bond motifs is 1. The van der Waals surface area contributed by atoms with Crippen molar-refractivity contribution in [3.05, 3.63) is 42.5 Å². The molecule has 1 atom stereocenters. The highest BCUT2D eigenvalue weighted by molar-refractivity contribution is 7.92. The van der Waals surface area contributed by atoms with Crippen LogP contribution in [0.25, 0.3) is 0 Å². The van der Waals surface area contributed by atoms with Crippen molar-refractivity contribution in [2.45, 2.75) is 13.0 Å². The van der Waals surface area contributed by atoms with Gasteiger partial charge in [0.15, 0.2) is 11.5 Å². The first-order valence-electron chi connectivity index (χ1n) is 8.63. The van der Waals surface area contributed by atoms with E-state index in [1.54, 1.807) is 42.5 Å². The number of methoxy groups -OCH3 is 1. The summed E-state index contributed by atoms with van der Waals surface area (Å²) >= 11 is 0. The van der Waals surface area contributed by atoms with E-state index >= 15 is 0 Å². The Bertz CT molecular complexity index is 959. The number of anilines is 2. The van der Waals surface area contributed by atoms with Crippen LogP contribution in [0.5, 0.6) is 17.2 Å². The van der Waals surface area contributed by atoms with Crippen LogP contribution in [0.1, 0.15) is 6.92 Å². The molecule has 8 nitrogen and oxygen atoms in total. The summed E-state index contributed by atoms with van der Waals surface area (Å²) in [5.74, 6) is 1.25. The number of hydrogen-bond acceptors (Lipinski definition) is 6. The highest BCUT2D eigenvalue weighted by Gasteiger charge is 2.29. The lowest BCUT2D eigenvalue weighted by Crippen LogP contribution is -2.45. The third-order valence-electron chi connectivity index (χ3n) is 4.23. The molecule has 1 aliphatic rings. The average molecular weight is 406 g/mol. The minimum absolute atomic E-state index is 0.369. The number of carbonyl (C=O) groups excluding carboxylic acids is 1. The van der Waals surface area contributed by atoms with E-state index in [2.05, 4.69) is 5.32 Å². The molecule has 0 unspecified atom stereocenters. The van der Waals surface area contributed by atoms with E-state index in [4.69, 9.17) is 14.2 Å². The van der Waals surface area contributed by atoms with Crippen molar-refractivity contribution in [3.63, 3.8) is 0 Å². The zero-order valence-electron chi connectivity index (χ0n) is 15.8. The molecule has 0 aromatic heterocycles. The fourth-order valence-electron chi connectivity index (χ4n) is 2.91. The highest BCUT2D eigenvalue weighted by Crippen LogP contribution is 2.33. The smallest absolute Gasteiger partial charge is 0.247 e. The van der Waals surface area contributed by atoms with Gasteiger partial charge < -0.3 is 19.5 Å². The van der Waals surface area contributed by atoms with Crippen LogP contribution in [0.3, 0.4) is 0 Å². The normalized spacial score (nSPS) is 14.1. The molecule has 0 radical (unpaired) electrons. The summed E-state index contributed by atoms with van der Waals surface area (Å²) < 4.78 is 41.8. The number of nitrogens with zero attached hydrogens (tertiary/aromatic N) is 1. The van der Waals surface area contributed by atoms with Crippen LogP contribution in [0.4, 0.5) is 11.4 Å². The van der Waals surface area contributed by atoms with Crippen LogP contribution in [0.2, 0.25) is 0 Å². The summed E-state index contributed by atoms with van der Waals surface area (Å²) in [7, 11) is -2.18. The molecule has 9 heteroatoms. The summed E-state index contributed by atoms with van der Waals surface area (Å²) in [6, 6.07) is 10.5. The topological polar surface area (TPSA) is 94.2 Å². The van der Waals surface area contributed by atoms with Gasteiger partial charge in [-0.3, -0.25) is 9.10 Å². The van der Waals surface area contributed by atoms with E-state index in [0.29, 0.717) is 41.8 Å². The van der Waals surface area contributed by atoms with Crippen LogP contribution in [0, 0.1) is 0 Å². The van der Waals surface area contributed by atoms with E-state index in [1.165, 1.54) is 14.0 Å². The Labute approximate surface area is 164 Å².